The highest BCUT2D eigenvalue weighted by Gasteiger charge is 2.21. The van der Waals surface area contributed by atoms with Gasteiger partial charge in [0.15, 0.2) is 0 Å². The molecule has 1 aliphatic rings. The maximum Gasteiger partial charge on any atom is 0.343 e. The first kappa shape index (κ1) is 11.0. The fourth-order valence-electron chi connectivity index (χ4n) is 2.52. The number of benzene rings is 1. The second kappa shape index (κ2) is 3.98. The number of para-hydroxylation sites is 1. The minimum absolute atomic E-state index is 0.128. The maximum atomic E-state index is 12.2. The molecule has 0 spiro atoms. The van der Waals surface area contributed by atoms with Gasteiger partial charge in [0, 0.05) is 6.54 Å². The molecule has 92 valence electrons. The first-order valence-electron chi connectivity index (χ1n) is 6.05. The molecule has 2 aromatic rings. The van der Waals surface area contributed by atoms with E-state index in [-0.39, 0.29) is 17.7 Å². The van der Waals surface area contributed by atoms with Gasteiger partial charge in [-0.05, 0) is 30.4 Å². The Kier molecular flexibility index (Phi) is 2.44. The van der Waals surface area contributed by atoms with E-state index in [1.165, 1.54) is 5.56 Å². The zero-order valence-corrected chi connectivity index (χ0v) is 10.1. The van der Waals surface area contributed by atoms with Crippen LogP contribution in [0.1, 0.15) is 22.8 Å². The van der Waals surface area contributed by atoms with Crippen molar-refractivity contribution in [1.82, 2.24) is 4.57 Å². The van der Waals surface area contributed by atoms with Crippen molar-refractivity contribution in [2.24, 2.45) is 0 Å². The number of aromatic nitrogens is 1. The summed E-state index contributed by atoms with van der Waals surface area (Å²) in [4.78, 5) is 24.0. The Morgan fingerprint density at radius 2 is 2.28 bits per heavy atom. The van der Waals surface area contributed by atoms with Gasteiger partial charge in [-0.15, -0.1) is 0 Å². The van der Waals surface area contributed by atoms with Crippen molar-refractivity contribution < 1.29 is 9.53 Å². The Labute approximate surface area is 104 Å². The van der Waals surface area contributed by atoms with Crippen LogP contribution in [0.2, 0.25) is 0 Å². The van der Waals surface area contributed by atoms with Gasteiger partial charge < -0.3 is 9.30 Å². The number of hydrogen-bond acceptors (Lipinski definition) is 3. The minimum Gasteiger partial charge on any atom is -0.462 e. The van der Waals surface area contributed by atoms with Crippen LogP contribution in [0.25, 0.3) is 10.9 Å². The number of pyridine rings is 1. The Morgan fingerprint density at radius 1 is 1.44 bits per heavy atom. The fraction of sp³-hybridized carbons (Fsp3) is 0.286. The van der Waals surface area contributed by atoms with Crippen LogP contribution in [0, 0.1) is 0 Å². The first-order valence-corrected chi connectivity index (χ1v) is 6.05. The lowest BCUT2D eigenvalue weighted by atomic mass is 10.1. The number of ether oxygens (including phenoxy) is 1. The van der Waals surface area contributed by atoms with Crippen molar-refractivity contribution in [1.29, 1.82) is 0 Å². The van der Waals surface area contributed by atoms with Gasteiger partial charge in [0.25, 0.3) is 5.56 Å². The second-order valence-electron chi connectivity index (χ2n) is 4.34. The zero-order chi connectivity index (χ0) is 12.7. The molecule has 1 aliphatic heterocycles. The summed E-state index contributed by atoms with van der Waals surface area (Å²) >= 11 is 0. The molecular weight excluding hydrogens is 230 g/mol. The normalized spacial score (nSPS) is 12.9. The summed E-state index contributed by atoms with van der Waals surface area (Å²) in [7, 11) is 0. The number of aryl methyl sites for hydroxylation is 2. The smallest absolute Gasteiger partial charge is 0.343 e. The van der Waals surface area contributed by atoms with Crippen LogP contribution in [0.3, 0.4) is 0 Å². The minimum atomic E-state index is -0.537. The van der Waals surface area contributed by atoms with Gasteiger partial charge in [0.1, 0.15) is 5.56 Å². The highest BCUT2D eigenvalue weighted by Crippen LogP contribution is 2.24. The van der Waals surface area contributed by atoms with Gasteiger partial charge in [-0.1, -0.05) is 18.2 Å². The Hall–Kier alpha value is -2.10. The Bertz CT molecular complexity index is 700. The quantitative estimate of drug-likeness (QED) is 0.755. The number of nitrogens with zero attached hydrogens (tertiary/aromatic N) is 1. The molecule has 2 heterocycles. The summed E-state index contributed by atoms with van der Waals surface area (Å²) in [5.41, 5.74) is 2.00. The zero-order valence-electron chi connectivity index (χ0n) is 10.1. The summed E-state index contributed by atoms with van der Waals surface area (Å²) < 4.78 is 6.60. The largest absolute Gasteiger partial charge is 0.462 e. The van der Waals surface area contributed by atoms with Gasteiger partial charge in [-0.2, -0.15) is 0 Å². The molecule has 0 saturated carbocycles. The SMILES string of the molecule is CCOC(=O)c1cc2cccc3c2n(c1=O)CC3. The van der Waals surface area contributed by atoms with E-state index in [2.05, 4.69) is 0 Å². The van der Waals surface area contributed by atoms with Crippen LogP contribution >= 0.6 is 0 Å². The van der Waals surface area contributed by atoms with Crippen LogP contribution in [-0.4, -0.2) is 17.1 Å². The van der Waals surface area contributed by atoms with Crippen molar-refractivity contribution >= 4 is 16.9 Å². The Morgan fingerprint density at radius 3 is 3.06 bits per heavy atom. The van der Waals surface area contributed by atoms with E-state index in [0.29, 0.717) is 6.54 Å². The number of esters is 1. The van der Waals surface area contributed by atoms with E-state index in [0.717, 1.165) is 17.3 Å². The molecule has 1 aromatic heterocycles. The molecule has 0 bridgehead atoms. The number of carbonyl (C=O) groups excluding carboxylic acids is 1. The summed E-state index contributed by atoms with van der Waals surface area (Å²) in [5, 5.41) is 0.924. The third-order valence-corrected chi connectivity index (χ3v) is 3.30. The third kappa shape index (κ3) is 1.45. The van der Waals surface area contributed by atoms with Crippen molar-refractivity contribution in [3.63, 3.8) is 0 Å². The maximum absolute atomic E-state index is 12.2. The van der Waals surface area contributed by atoms with Crippen molar-refractivity contribution in [2.45, 2.75) is 19.9 Å². The van der Waals surface area contributed by atoms with Crippen molar-refractivity contribution in [3.05, 3.63) is 45.7 Å². The fourth-order valence-corrected chi connectivity index (χ4v) is 2.52. The molecular formula is C14H13NO3. The molecule has 0 amide bonds. The van der Waals surface area contributed by atoms with Crippen molar-refractivity contribution in [3.8, 4) is 0 Å². The summed E-state index contributed by atoms with van der Waals surface area (Å²) in [6.45, 7) is 2.64. The first-order chi connectivity index (χ1) is 8.72. The molecule has 0 aliphatic carbocycles. The summed E-state index contributed by atoms with van der Waals surface area (Å²) in [6.07, 6.45) is 0.846. The average Bonchev–Trinajstić information content (AvgIpc) is 2.79. The lowest BCUT2D eigenvalue weighted by Crippen LogP contribution is -2.26. The summed E-state index contributed by atoms with van der Waals surface area (Å²) in [5.74, 6) is -0.537. The van der Waals surface area contributed by atoms with Gasteiger partial charge >= 0.3 is 5.97 Å². The highest BCUT2D eigenvalue weighted by atomic mass is 16.5. The molecule has 0 fully saturated rings. The molecule has 0 radical (unpaired) electrons. The van der Waals surface area contributed by atoms with E-state index >= 15 is 0 Å². The van der Waals surface area contributed by atoms with Gasteiger partial charge in [0.05, 0.1) is 12.1 Å². The van der Waals surface area contributed by atoms with E-state index in [1.54, 1.807) is 17.6 Å². The van der Waals surface area contributed by atoms with Crippen LogP contribution in [0.4, 0.5) is 0 Å². The van der Waals surface area contributed by atoms with Crippen LogP contribution in [0.5, 0.6) is 0 Å². The molecule has 18 heavy (non-hydrogen) atoms. The van der Waals surface area contributed by atoms with Crippen molar-refractivity contribution in [2.75, 3.05) is 6.61 Å². The predicted octanol–water partition coefficient (Wildman–Crippen LogP) is 1.73. The number of hydrogen-bond donors (Lipinski definition) is 0. The molecule has 0 unspecified atom stereocenters. The second-order valence-corrected chi connectivity index (χ2v) is 4.34. The molecule has 4 heteroatoms. The Balaban J connectivity index is 2.30. The van der Waals surface area contributed by atoms with Crippen LogP contribution in [0.15, 0.2) is 29.1 Å². The molecule has 3 rings (SSSR count). The van der Waals surface area contributed by atoms with Gasteiger partial charge in [0.2, 0.25) is 0 Å². The topological polar surface area (TPSA) is 48.3 Å². The van der Waals surface area contributed by atoms with Crippen LogP contribution < -0.4 is 5.56 Å². The number of rotatable bonds is 2. The lowest BCUT2D eigenvalue weighted by molar-refractivity contribution is 0.0524. The van der Waals surface area contributed by atoms with Gasteiger partial charge in [-0.3, -0.25) is 4.79 Å². The molecule has 0 saturated heterocycles. The standard InChI is InChI=1S/C14H13NO3/c1-2-18-14(17)11-8-10-5-3-4-9-6-7-15(12(9)10)13(11)16/h3-5,8H,2,6-7H2,1H3. The predicted molar refractivity (Wildman–Crippen MR) is 67.9 cm³/mol. The summed E-state index contributed by atoms with van der Waals surface area (Å²) in [6, 6.07) is 7.53. The van der Waals surface area contributed by atoms with E-state index < -0.39 is 5.97 Å². The van der Waals surface area contributed by atoms with E-state index in [9.17, 15) is 9.59 Å². The van der Waals surface area contributed by atoms with E-state index in [1.807, 2.05) is 18.2 Å². The average molecular weight is 243 g/mol. The molecule has 4 nitrogen and oxygen atoms in total. The third-order valence-electron chi connectivity index (χ3n) is 3.30. The lowest BCUT2D eigenvalue weighted by Gasteiger charge is -2.07. The monoisotopic (exact) mass is 243 g/mol. The van der Waals surface area contributed by atoms with Crippen LogP contribution in [-0.2, 0) is 17.7 Å². The molecule has 1 aromatic carbocycles. The molecule has 0 atom stereocenters. The molecule has 0 N–H and O–H groups in total. The van der Waals surface area contributed by atoms with Gasteiger partial charge in [-0.25, -0.2) is 4.79 Å². The van der Waals surface area contributed by atoms with E-state index in [4.69, 9.17) is 4.74 Å². The highest BCUT2D eigenvalue weighted by molar-refractivity contribution is 5.95. The number of carbonyl (C=O) groups is 1.